The molecule has 0 aromatic heterocycles. The Kier molecular flexibility index (Phi) is 7.74. The van der Waals surface area contributed by atoms with Gasteiger partial charge in [-0.15, -0.1) is 0 Å². The maximum absolute atomic E-state index is 12.9. The van der Waals surface area contributed by atoms with Gasteiger partial charge in [0.15, 0.2) is 0 Å². The molecule has 1 amide bonds. The van der Waals surface area contributed by atoms with Gasteiger partial charge in [0.05, 0.1) is 5.92 Å². The first-order valence-corrected chi connectivity index (χ1v) is 10.3. The zero-order chi connectivity index (χ0) is 23.1. The number of fused-ring (bicyclic) bond motifs is 1. The zero-order valence-electron chi connectivity index (χ0n) is 17.4. The number of carbonyl (C=O) groups is 2. The molecule has 172 valence electrons. The van der Waals surface area contributed by atoms with Crippen LogP contribution in [0.2, 0.25) is 0 Å². The second-order valence-electron chi connectivity index (χ2n) is 7.71. The Bertz CT molecular complexity index is 913. The van der Waals surface area contributed by atoms with Crippen molar-refractivity contribution in [2.45, 2.75) is 19.1 Å². The molecular weight excluding hydrogens is 425 g/mol. The first kappa shape index (κ1) is 23.6. The van der Waals surface area contributed by atoms with Gasteiger partial charge in [0.1, 0.15) is 12.4 Å². The monoisotopic (exact) mass is 450 g/mol. The van der Waals surface area contributed by atoms with E-state index in [0.717, 1.165) is 50.5 Å². The number of amides is 1. The normalized spacial score (nSPS) is 18.6. The van der Waals surface area contributed by atoms with E-state index in [4.69, 9.17) is 14.6 Å². The lowest BCUT2D eigenvalue weighted by Crippen LogP contribution is -2.51. The number of aliphatic carboxylic acids is 1. The van der Waals surface area contributed by atoms with Crippen molar-refractivity contribution in [1.82, 2.24) is 9.80 Å². The highest BCUT2D eigenvalue weighted by atomic mass is 19.4. The summed E-state index contributed by atoms with van der Waals surface area (Å²) in [7, 11) is 0. The first-order chi connectivity index (χ1) is 15.2. The number of carboxylic acids is 1. The smallest absolute Gasteiger partial charge is 0.490 e. The van der Waals surface area contributed by atoms with Crippen LogP contribution in [0.15, 0.2) is 54.6 Å². The molecule has 2 aliphatic rings. The van der Waals surface area contributed by atoms with Gasteiger partial charge in [0, 0.05) is 32.7 Å². The number of carboxylic acid groups (broad SMARTS) is 1. The van der Waals surface area contributed by atoms with Crippen molar-refractivity contribution in [2.75, 3.05) is 32.8 Å². The second kappa shape index (κ2) is 10.5. The van der Waals surface area contributed by atoms with Crippen LogP contribution in [0.5, 0.6) is 5.75 Å². The molecule has 1 saturated heterocycles. The third-order valence-electron chi connectivity index (χ3n) is 5.40. The molecule has 0 saturated carbocycles. The Morgan fingerprint density at radius 3 is 2.19 bits per heavy atom. The van der Waals surface area contributed by atoms with Crippen molar-refractivity contribution in [3.05, 3.63) is 65.7 Å². The van der Waals surface area contributed by atoms with E-state index in [1.54, 1.807) is 0 Å². The molecule has 2 aromatic carbocycles. The Morgan fingerprint density at radius 1 is 0.969 bits per heavy atom. The van der Waals surface area contributed by atoms with Crippen LogP contribution in [0, 0.1) is 5.92 Å². The highest BCUT2D eigenvalue weighted by molar-refractivity contribution is 5.80. The summed E-state index contributed by atoms with van der Waals surface area (Å²) >= 11 is 0. The van der Waals surface area contributed by atoms with Gasteiger partial charge in [0.25, 0.3) is 0 Å². The van der Waals surface area contributed by atoms with Crippen molar-refractivity contribution in [3.8, 4) is 5.75 Å². The van der Waals surface area contributed by atoms with Crippen LogP contribution in [-0.2, 0) is 22.6 Å². The third kappa shape index (κ3) is 6.46. The van der Waals surface area contributed by atoms with Crippen LogP contribution >= 0.6 is 0 Å². The van der Waals surface area contributed by atoms with Crippen molar-refractivity contribution >= 4 is 11.9 Å². The number of rotatable bonds is 3. The fourth-order valence-electron chi connectivity index (χ4n) is 3.71. The lowest BCUT2D eigenvalue weighted by atomic mass is 9.95. The minimum Gasteiger partial charge on any atom is -0.492 e. The number of hydrogen-bond donors (Lipinski definition) is 1. The summed E-state index contributed by atoms with van der Waals surface area (Å²) in [4.78, 5) is 26.2. The van der Waals surface area contributed by atoms with Crippen LogP contribution < -0.4 is 4.74 Å². The maximum Gasteiger partial charge on any atom is 0.490 e. The highest BCUT2D eigenvalue weighted by Crippen LogP contribution is 2.28. The molecule has 0 bridgehead atoms. The highest BCUT2D eigenvalue weighted by Gasteiger charge is 2.38. The third-order valence-corrected chi connectivity index (χ3v) is 5.40. The summed E-state index contributed by atoms with van der Waals surface area (Å²) in [5.41, 5.74) is 2.48. The van der Waals surface area contributed by atoms with E-state index in [2.05, 4.69) is 35.2 Å². The SMILES string of the molecule is O=C(C1COc2ccccc2C1)N1CCN(Cc2ccccc2)CC1.O=C(O)C(F)(F)F. The molecule has 1 unspecified atom stereocenters. The van der Waals surface area contributed by atoms with Gasteiger partial charge < -0.3 is 14.7 Å². The molecule has 6 nitrogen and oxygen atoms in total. The minimum atomic E-state index is -5.08. The number of benzene rings is 2. The van der Waals surface area contributed by atoms with E-state index >= 15 is 0 Å². The number of nitrogens with zero attached hydrogens (tertiary/aromatic N) is 2. The number of alkyl halides is 3. The molecule has 1 atom stereocenters. The molecular formula is C23H25F3N2O4. The first-order valence-electron chi connectivity index (χ1n) is 10.3. The molecule has 2 heterocycles. The average molecular weight is 450 g/mol. The minimum absolute atomic E-state index is 0.0458. The molecule has 0 spiro atoms. The molecule has 9 heteroatoms. The van der Waals surface area contributed by atoms with Crippen molar-refractivity contribution in [2.24, 2.45) is 5.92 Å². The molecule has 1 N–H and O–H groups in total. The Hall–Kier alpha value is -3.07. The van der Waals surface area contributed by atoms with Crippen LogP contribution in [-0.4, -0.2) is 65.7 Å². The van der Waals surface area contributed by atoms with Gasteiger partial charge in [-0.2, -0.15) is 13.2 Å². The van der Waals surface area contributed by atoms with E-state index in [9.17, 15) is 18.0 Å². The number of ether oxygens (including phenoxy) is 1. The lowest BCUT2D eigenvalue weighted by Gasteiger charge is -2.37. The van der Waals surface area contributed by atoms with Crippen LogP contribution in [0.3, 0.4) is 0 Å². The zero-order valence-corrected chi connectivity index (χ0v) is 17.4. The summed E-state index contributed by atoms with van der Waals surface area (Å²) in [6, 6.07) is 18.6. The lowest BCUT2D eigenvalue weighted by molar-refractivity contribution is -0.192. The van der Waals surface area contributed by atoms with Gasteiger partial charge in [-0.1, -0.05) is 48.5 Å². The van der Waals surface area contributed by atoms with Crippen molar-refractivity contribution < 1.29 is 32.6 Å². The van der Waals surface area contributed by atoms with Crippen LogP contribution in [0.4, 0.5) is 13.2 Å². The van der Waals surface area contributed by atoms with Crippen molar-refractivity contribution in [1.29, 1.82) is 0 Å². The Balaban J connectivity index is 0.000000360. The van der Waals surface area contributed by atoms with E-state index in [1.165, 1.54) is 5.56 Å². The molecule has 32 heavy (non-hydrogen) atoms. The summed E-state index contributed by atoms with van der Waals surface area (Å²) < 4.78 is 37.5. The van der Waals surface area contributed by atoms with E-state index in [0.29, 0.717) is 6.61 Å². The predicted molar refractivity (Wildman–Crippen MR) is 111 cm³/mol. The molecule has 0 radical (unpaired) electrons. The topological polar surface area (TPSA) is 70.1 Å². The summed E-state index contributed by atoms with van der Waals surface area (Å²) in [5, 5.41) is 7.12. The summed E-state index contributed by atoms with van der Waals surface area (Å²) in [6.45, 7) is 4.95. The average Bonchev–Trinajstić information content (AvgIpc) is 2.79. The van der Waals surface area contributed by atoms with Crippen molar-refractivity contribution in [3.63, 3.8) is 0 Å². The van der Waals surface area contributed by atoms with Gasteiger partial charge in [-0.3, -0.25) is 9.69 Å². The van der Waals surface area contributed by atoms with Gasteiger partial charge in [0.2, 0.25) is 5.91 Å². The number of carbonyl (C=O) groups excluding carboxylic acids is 1. The fraction of sp³-hybridized carbons (Fsp3) is 0.391. The standard InChI is InChI=1S/C21H24N2O2.C2HF3O2/c24-21(19-14-18-8-4-5-9-20(18)25-16-19)23-12-10-22(11-13-23)15-17-6-2-1-3-7-17;3-2(4,5)1(6)7/h1-9,19H,10-16H2;(H,6,7). The molecule has 2 aromatic rings. The van der Waals surface area contributed by atoms with Crippen LogP contribution in [0.1, 0.15) is 11.1 Å². The molecule has 4 rings (SSSR count). The van der Waals surface area contributed by atoms with Crippen LogP contribution in [0.25, 0.3) is 0 Å². The van der Waals surface area contributed by atoms with Gasteiger partial charge >= 0.3 is 12.1 Å². The van der Waals surface area contributed by atoms with Gasteiger partial charge in [-0.05, 0) is 23.6 Å². The van der Waals surface area contributed by atoms with E-state index < -0.39 is 12.1 Å². The van der Waals surface area contributed by atoms with Gasteiger partial charge in [-0.25, -0.2) is 4.79 Å². The molecule has 0 aliphatic carbocycles. The number of piperazine rings is 1. The Labute approximate surface area is 184 Å². The summed E-state index contributed by atoms with van der Waals surface area (Å²) in [5.74, 6) is -1.63. The van der Waals surface area contributed by atoms with E-state index in [-0.39, 0.29) is 11.8 Å². The summed E-state index contributed by atoms with van der Waals surface area (Å²) in [6.07, 6.45) is -4.29. The van der Waals surface area contributed by atoms with E-state index in [1.807, 2.05) is 29.2 Å². The maximum atomic E-state index is 12.9. The second-order valence-corrected chi connectivity index (χ2v) is 7.71. The number of hydrogen-bond acceptors (Lipinski definition) is 4. The molecule has 2 aliphatic heterocycles. The quantitative estimate of drug-likeness (QED) is 0.778. The Morgan fingerprint density at radius 2 is 1.56 bits per heavy atom. The fourth-order valence-corrected chi connectivity index (χ4v) is 3.71. The number of para-hydroxylation sites is 1. The molecule has 1 fully saturated rings. The number of halogens is 3. The largest absolute Gasteiger partial charge is 0.492 e. The predicted octanol–water partition coefficient (Wildman–Crippen LogP) is 3.22.